The normalized spacial score (nSPS) is 16.2. The summed E-state index contributed by atoms with van der Waals surface area (Å²) in [4.78, 5) is 35.5. The molecule has 2 heterocycles. The summed E-state index contributed by atoms with van der Waals surface area (Å²) in [5.74, 6) is 0.0812. The van der Waals surface area contributed by atoms with Gasteiger partial charge in [0, 0.05) is 47.8 Å². The molecule has 0 N–H and O–H groups in total. The molecule has 236 valence electrons. The molecular weight excluding hydrogens is 613 g/mol. The van der Waals surface area contributed by atoms with E-state index in [1.807, 2.05) is 66.7 Å². The number of rotatable bonds is 7. The minimum absolute atomic E-state index is 0.0235. The summed E-state index contributed by atoms with van der Waals surface area (Å²) in [5.41, 5.74) is 7.92. The maximum Gasteiger partial charge on any atom is 0.186 e. The van der Waals surface area contributed by atoms with Crippen LogP contribution in [0.4, 0.5) is 0 Å². The van der Waals surface area contributed by atoms with Gasteiger partial charge in [0.1, 0.15) is 0 Å². The fourth-order valence-corrected chi connectivity index (χ4v) is 7.59. The van der Waals surface area contributed by atoms with Crippen molar-refractivity contribution in [2.24, 2.45) is 0 Å². The fraction of sp³-hybridized carbons (Fsp3) is 0.0435. The van der Waals surface area contributed by atoms with Gasteiger partial charge in [0.2, 0.25) is 0 Å². The van der Waals surface area contributed by atoms with Gasteiger partial charge in [-0.05, 0) is 114 Å². The van der Waals surface area contributed by atoms with E-state index < -0.39 is 0 Å². The highest BCUT2D eigenvalue weighted by atomic mass is 16.1. The van der Waals surface area contributed by atoms with Crippen LogP contribution in [-0.4, -0.2) is 21.5 Å². The summed E-state index contributed by atoms with van der Waals surface area (Å²) < 4.78 is 0. The summed E-state index contributed by atoms with van der Waals surface area (Å²) in [6.07, 6.45) is 22.9. The minimum atomic E-state index is -0.0448. The molecule has 4 nitrogen and oxygen atoms in total. The highest BCUT2D eigenvalue weighted by molar-refractivity contribution is 6.21. The molecule has 0 aliphatic heterocycles. The van der Waals surface area contributed by atoms with Crippen molar-refractivity contribution in [3.05, 3.63) is 197 Å². The number of benzene rings is 5. The Labute approximate surface area is 289 Å². The van der Waals surface area contributed by atoms with E-state index in [0.717, 1.165) is 54.6 Å². The van der Waals surface area contributed by atoms with Gasteiger partial charge in [-0.25, -0.2) is 0 Å². The van der Waals surface area contributed by atoms with E-state index in [-0.39, 0.29) is 23.4 Å². The van der Waals surface area contributed by atoms with Crippen molar-refractivity contribution >= 4 is 62.1 Å². The van der Waals surface area contributed by atoms with Gasteiger partial charge in [0.15, 0.2) is 11.6 Å². The van der Waals surface area contributed by atoms with Gasteiger partial charge in [-0.2, -0.15) is 0 Å². The monoisotopic (exact) mass is 642 g/mol. The van der Waals surface area contributed by atoms with Crippen molar-refractivity contribution < 1.29 is 9.59 Å². The van der Waals surface area contributed by atoms with Crippen molar-refractivity contribution in [2.75, 3.05) is 0 Å². The maximum atomic E-state index is 13.7. The van der Waals surface area contributed by atoms with Gasteiger partial charge in [-0.1, -0.05) is 97.1 Å². The molecule has 50 heavy (non-hydrogen) atoms. The van der Waals surface area contributed by atoms with Crippen LogP contribution in [0, 0.1) is 0 Å². The number of hydrogen-bond acceptors (Lipinski definition) is 4. The first-order chi connectivity index (χ1) is 24.6. The first-order valence-electron chi connectivity index (χ1n) is 16.8. The Kier molecular flexibility index (Phi) is 7.21. The molecule has 2 unspecified atom stereocenters. The Morgan fingerprint density at radius 1 is 0.600 bits per heavy atom. The van der Waals surface area contributed by atoms with Crippen molar-refractivity contribution in [1.29, 1.82) is 0 Å². The molecule has 0 fully saturated rings. The zero-order chi connectivity index (χ0) is 33.6. The molecular formula is C46H30N2O2. The SMILES string of the molecule is O=C(C=Cc1cccnc1)c1ccc2c3c4c(ccc13)C(c1ccc3c(c1)cc(C(=O)C=Cc1cccnc1)c1ccccc13)C=CC4C=C2. The first-order valence-corrected chi connectivity index (χ1v) is 16.8. The maximum absolute atomic E-state index is 13.7. The summed E-state index contributed by atoms with van der Waals surface area (Å²) >= 11 is 0. The summed E-state index contributed by atoms with van der Waals surface area (Å²) in [5, 5.41) is 6.25. The van der Waals surface area contributed by atoms with Gasteiger partial charge in [0.25, 0.3) is 0 Å². The van der Waals surface area contributed by atoms with E-state index in [2.05, 4.69) is 76.7 Å². The predicted molar refractivity (Wildman–Crippen MR) is 203 cm³/mol. The van der Waals surface area contributed by atoms with Crippen molar-refractivity contribution in [3.8, 4) is 0 Å². The fourth-order valence-electron chi connectivity index (χ4n) is 7.59. The molecule has 0 saturated carbocycles. The molecule has 0 radical (unpaired) electrons. The van der Waals surface area contributed by atoms with Crippen LogP contribution >= 0.6 is 0 Å². The third-order valence-electron chi connectivity index (χ3n) is 9.95. The van der Waals surface area contributed by atoms with Crippen molar-refractivity contribution in [2.45, 2.75) is 11.8 Å². The molecule has 2 aromatic heterocycles. The number of aromatic nitrogens is 2. The lowest BCUT2D eigenvalue weighted by Crippen LogP contribution is -2.13. The quantitative estimate of drug-likeness (QED) is 0.0751. The minimum Gasteiger partial charge on any atom is -0.289 e. The van der Waals surface area contributed by atoms with Crippen LogP contribution in [-0.2, 0) is 0 Å². The van der Waals surface area contributed by atoms with Gasteiger partial charge >= 0.3 is 0 Å². The number of nitrogens with zero attached hydrogens (tertiary/aromatic N) is 2. The highest BCUT2D eigenvalue weighted by Crippen LogP contribution is 2.46. The molecule has 4 heteroatoms. The topological polar surface area (TPSA) is 59.9 Å². The summed E-state index contributed by atoms with van der Waals surface area (Å²) in [7, 11) is 0. The number of carbonyl (C=O) groups is 2. The molecule has 5 aromatic carbocycles. The van der Waals surface area contributed by atoms with Crippen LogP contribution in [0.5, 0.6) is 0 Å². The molecule has 2 aliphatic rings. The van der Waals surface area contributed by atoms with E-state index in [1.165, 1.54) is 11.1 Å². The second-order valence-corrected chi connectivity index (χ2v) is 12.9. The standard InChI is InChI=1S/C46H30N2O2/c49-43(21-9-29-5-3-23-47-27-29)39-18-14-32-12-11-31-13-16-35(40-19-20-41(39)46(32)45(31)40)33-15-17-36-34(25-33)26-42(38-8-2-1-7-37(36)38)44(50)22-10-30-6-4-24-48-28-30/h1-28,31,35H. The van der Waals surface area contributed by atoms with Gasteiger partial charge < -0.3 is 0 Å². The third kappa shape index (κ3) is 5.10. The van der Waals surface area contributed by atoms with E-state index in [1.54, 1.807) is 36.9 Å². The van der Waals surface area contributed by atoms with Crippen LogP contribution in [0.1, 0.15) is 65.9 Å². The van der Waals surface area contributed by atoms with Gasteiger partial charge in [-0.3, -0.25) is 19.6 Å². The second-order valence-electron chi connectivity index (χ2n) is 12.9. The van der Waals surface area contributed by atoms with E-state index >= 15 is 0 Å². The molecule has 0 amide bonds. The molecule has 2 aliphatic carbocycles. The number of pyridine rings is 2. The van der Waals surface area contributed by atoms with Crippen LogP contribution in [0.15, 0.2) is 152 Å². The lowest BCUT2D eigenvalue weighted by molar-refractivity contribution is 0.104. The Balaban J connectivity index is 1.13. The molecule has 0 saturated heterocycles. The predicted octanol–water partition coefficient (Wildman–Crippen LogP) is 10.5. The third-order valence-corrected chi connectivity index (χ3v) is 9.95. The van der Waals surface area contributed by atoms with Crippen LogP contribution in [0.3, 0.4) is 0 Å². The Bertz CT molecular complexity index is 2630. The lowest BCUT2D eigenvalue weighted by atomic mass is 9.73. The van der Waals surface area contributed by atoms with E-state index in [9.17, 15) is 9.59 Å². The number of hydrogen-bond donors (Lipinski definition) is 0. The number of allylic oxidation sites excluding steroid dienone is 5. The van der Waals surface area contributed by atoms with Crippen molar-refractivity contribution in [3.63, 3.8) is 0 Å². The number of fused-ring (bicyclic) bond motifs is 3. The van der Waals surface area contributed by atoms with Gasteiger partial charge in [0.05, 0.1) is 0 Å². The first kappa shape index (κ1) is 29.6. The molecule has 7 aromatic rings. The average Bonchev–Trinajstić information content (AvgIpc) is 3.18. The average molecular weight is 643 g/mol. The molecule has 9 rings (SSSR count). The smallest absolute Gasteiger partial charge is 0.186 e. The summed E-state index contributed by atoms with van der Waals surface area (Å²) in [6, 6.07) is 32.7. The number of ketones is 2. The highest BCUT2D eigenvalue weighted by Gasteiger charge is 2.29. The number of carbonyl (C=O) groups excluding carboxylic acids is 2. The Morgan fingerprint density at radius 2 is 1.32 bits per heavy atom. The Morgan fingerprint density at radius 3 is 2.06 bits per heavy atom. The largest absolute Gasteiger partial charge is 0.289 e. The Hall–Kier alpha value is -6.52. The van der Waals surface area contributed by atoms with E-state index in [4.69, 9.17) is 0 Å². The lowest BCUT2D eigenvalue weighted by Gasteiger charge is -2.30. The van der Waals surface area contributed by atoms with Crippen molar-refractivity contribution in [1.82, 2.24) is 9.97 Å². The van der Waals surface area contributed by atoms with Crippen LogP contribution in [0.2, 0.25) is 0 Å². The van der Waals surface area contributed by atoms with Crippen LogP contribution < -0.4 is 0 Å². The van der Waals surface area contributed by atoms with E-state index in [0.29, 0.717) is 11.1 Å². The molecule has 0 spiro atoms. The zero-order valence-electron chi connectivity index (χ0n) is 27.0. The zero-order valence-corrected chi connectivity index (χ0v) is 27.0. The molecule has 2 atom stereocenters. The van der Waals surface area contributed by atoms with Gasteiger partial charge in [-0.15, -0.1) is 0 Å². The summed E-state index contributed by atoms with van der Waals surface area (Å²) in [6.45, 7) is 0. The second kappa shape index (κ2) is 12.2. The molecule has 0 bridgehead atoms. The van der Waals surface area contributed by atoms with Crippen LogP contribution in [0.25, 0.3) is 50.5 Å².